The van der Waals surface area contributed by atoms with Gasteiger partial charge in [0.2, 0.25) is 0 Å². The van der Waals surface area contributed by atoms with Gasteiger partial charge < -0.3 is 4.74 Å². The van der Waals surface area contributed by atoms with Gasteiger partial charge in [0.15, 0.2) is 0 Å². The second-order valence-electron chi connectivity index (χ2n) is 4.10. The highest BCUT2D eigenvalue weighted by atomic mass is 17.2. The molecule has 0 aliphatic rings. The van der Waals surface area contributed by atoms with E-state index in [-0.39, 0.29) is 12.1 Å². The quantitative estimate of drug-likeness (QED) is 0.285. The third kappa shape index (κ3) is 4.13. The summed E-state index contributed by atoms with van der Waals surface area (Å²) >= 11 is 0. The van der Waals surface area contributed by atoms with E-state index in [0.29, 0.717) is 24.8 Å². The zero-order chi connectivity index (χ0) is 13.5. The Morgan fingerprint density at radius 2 is 1.82 bits per heavy atom. The summed E-state index contributed by atoms with van der Waals surface area (Å²) in [7, 11) is 1.47. The molecule has 0 aliphatic carbocycles. The summed E-state index contributed by atoms with van der Waals surface area (Å²) in [4.78, 5) is 21.7. The van der Waals surface area contributed by atoms with Crippen LogP contribution in [0.2, 0.25) is 0 Å². The minimum atomic E-state index is -0.589. The molecule has 1 unspecified atom stereocenters. The van der Waals surface area contributed by atoms with E-state index in [2.05, 4.69) is 6.58 Å². The summed E-state index contributed by atoms with van der Waals surface area (Å²) in [6.07, 6.45) is 1.75. The largest absolute Gasteiger partial charge is 0.456 e. The highest BCUT2D eigenvalue weighted by Gasteiger charge is 2.40. The van der Waals surface area contributed by atoms with Crippen molar-refractivity contribution in [2.45, 2.75) is 58.7 Å². The lowest BCUT2D eigenvalue weighted by Gasteiger charge is -2.36. The Morgan fingerprint density at radius 1 is 1.29 bits per heavy atom. The molecule has 0 spiro atoms. The molecular weight excluding hydrogens is 220 g/mol. The third-order valence-electron chi connectivity index (χ3n) is 3.00. The van der Waals surface area contributed by atoms with E-state index in [1.165, 1.54) is 7.11 Å². The monoisotopic (exact) mass is 244 g/mol. The van der Waals surface area contributed by atoms with Crippen LogP contribution in [0.5, 0.6) is 0 Å². The van der Waals surface area contributed by atoms with Crippen molar-refractivity contribution in [3.63, 3.8) is 0 Å². The Morgan fingerprint density at radius 3 is 2.12 bits per heavy atom. The van der Waals surface area contributed by atoms with E-state index in [1.54, 1.807) is 6.92 Å². The maximum absolute atomic E-state index is 11.6. The first-order valence-electron chi connectivity index (χ1n) is 6.05. The summed E-state index contributed by atoms with van der Waals surface area (Å²) < 4.78 is 5.42. The molecule has 100 valence electrons. The number of carbonyl (C=O) groups is 1. The van der Waals surface area contributed by atoms with Gasteiger partial charge in [-0.05, 0) is 26.2 Å². The highest BCUT2D eigenvalue weighted by Crippen LogP contribution is 2.29. The molecule has 1 atom stereocenters. The van der Waals surface area contributed by atoms with E-state index in [1.807, 2.05) is 20.8 Å². The maximum atomic E-state index is 11.6. The number of rotatable bonds is 8. The minimum Gasteiger partial charge on any atom is -0.456 e. The Bertz CT molecular complexity index is 256. The van der Waals surface area contributed by atoms with Gasteiger partial charge in [0.1, 0.15) is 11.7 Å². The first-order chi connectivity index (χ1) is 7.97. The van der Waals surface area contributed by atoms with E-state index >= 15 is 0 Å². The summed E-state index contributed by atoms with van der Waals surface area (Å²) in [6, 6.07) is 0. The van der Waals surface area contributed by atoms with Gasteiger partial charge in [0.25, 0.3) is 0 Å². The van der Waals surface area contributed by atoms with Crippen LogP contribution in [-0.4, -0.2) is 24.8 Å². The number of hydrogen-bond donors (Lipinski definition) is 0. The van der Waals surface area contributed by atoms with Crippen molar-refractivity contribution in [1.29, 1.82) is 0 Å². The molecule has 4 heteroatoms. The topological polar surface area (TPSA) is 44.8 Å². The van der Waals surface area contributed by atoms with Crippen LogP contribution in [0.25, 0.3) is 0 Å². The fourth-order valence-electron chi connectivity index (χ4n) is 1.84. The normalized spacial score (nSPS) is 13.2. The van der Waals surface area contributed by atoms with Crippen molar-refractivity contribution >= 4 is 5.97 Å². The van der Waals surface area contributed by atoms with Crippen molar-refractivity contribution in [1.82, 2.24) is 0 Å². The molecule has 0 rings (SSSR count). The maximum Gasteiger partial charge on any atom is 0.333 e. The summed E-state index contributed by atoms with van der Waals surface area (Å²) in [5, 5.41) is 0. The highest BCUT2D eigenvalue weighted by molar-refractivity contribution is 5.87. The Labute approximate surface area is 104 Å². The third-order valence-corrected chi connectivity index (χ3v) is 3.00. The minimum absolute atomic E-state index is 0.332. The van der Waals surface area contributed by atoms with Crippen LogP contribution in [0.4, 0.5) is 0 Å². The number of ether oxygens (including phenoxy) is 1. The van der Waals surface area contributed by atoms with Crippen LogP contribution in [0, 0.1) is 0 Å². The average Bonchev–Trinajstić information content (AvgIpc) is 2.33. The first-order valence-corrected chi connectivity index (χ1v) is 6.05. The van der Waals surface area contributed by atoms with Gasteiger partial charge in [-0.15, -0.1) is 0 Å². The molecule has 0 amide bonds. The van der Waals surface area contributed by atoms with Crippen LogP contribution in [0.3, 0.4) is 0 Å². The summed E-state index contributed by atoms with van der Waals surface area (Å²) in [6.45, 7) is 11.1. The van der Waals surface area contributed by atoms with E-state index in [4.69, 9.17) is 14.5 Å². The van der Waals surface area contributed by atoms with E-state index in [9.17, 15) is 4.79 Å². The Hall–Kier alpha value is -0.870. The zero-order valence-corrected chi connectivity index (χ0v) is 11.5. The van der Waals surface area contributed by atoms with Crippen LogP contribution in [0.15, 0.2) is 12.2 Å². The molecular formula is C13H24O4. The molecule has 0 radical (unpaired) electrons. The Kier molecular flexibility index (Phi) is 7.07. The fraction of sp³-hybridized carbons (Fsp3) is 0.769. The molecule has 0 aliphatic heterocycles. The lowest BCUT2D eigenvalue weighted by Crippen LogP contribution is -2.46. The number of hydrogen-bond acceptors (Lipinski definition) is 4. The van der Waals surface area contributed by atoms with Gasteiger partial charge in [-0.2, -0.15) is 0 Å². The van der Waals surface area contributed by atoms with Crippen molar-refractivity contribution < 1.29 is 19.3 Å². The second-order valence-corrected chi connectivity index (χ2v) is 4.10. The van der Waals surface area contributed by atoms with E-state index < -0.39 is 5.60 Å². The molecule has 0 aromatic heterocycles. The van der Waals surface area contributed by atoms with Gasteiger partial charge in [0.05, 0.1) is 7.11 Å². The predicted molar refractivity (Wildman–Crippen MR) is 66.4 cm³/mol. The predicted octanol–water partition coefficient (Wildman–Crippen LogP) is 3.02. The molecule has 17 heavy (non-hydrogen) atoms. The fourth-order valence-corrected chi connectivity index (χ4v) is 1.84. The second kappa shape index (κ2) is 7.45. The van der Waals surface area contributed by atoms with Gasteiger partial charge in [-0.1, -0.05) is 27.4 Å². The number of carbonyl (C=O) groups excluding carboxylic acids is 1. The lowest BCUT2D eigenvalue weighted by molar-refractivity contribution is -0.365. The molecule has 0 fully saturated rings. The standard InChI is InChI=1S/C13H24O4/c1-7-11(16-12(14)10(4)5)13(8-2,9-3)17-15-6/h11H,4,7-9H2,1-3,5-6H3. The average molecular weight is 244 g/mol. The lowest BCUT2D eigenvalue weighted by atomic mass is 9.89. The smallest absolute Gasteiger partial charge is 0.333 e. The van der Waals surface area contributed by atoms with Gasteiger partial charge >= 0.3 is 5.97 Å². The SMILES string of the molecule is C=C(C)C(=O)OC(CC)C(CC)(CC)OOC. The van der Waals surface area contributed by atoms with Crippen molar-refractivity contribution in [3.8, 4) is 0 Å². The first kappa shape index (κ1) is 16.1. The molecule has 0 bridgehead atoms. The van der Waals surface area contributed by atoms with Crippen LogP contribution < -0.4 is 0 Å². The zero-order valence-electron chi connectivity index (χ0n) is 11.5. The van der Waals surface area contributed by atoms with Crippen molar-refractivity contribution in [2.24, 2.45) is 0 Å². The van der Waals surface area contributed by atoms with Crippen LogP contribution in [0.1, 0.15) is 47.0 Å². The molecule has 4 nitrogen and oxygen atoms in total. The van der Waals surface area contributed by atoms with Crippen molar-refractivity contribution in [3.05, 3.63) is 12.2 Å². The molecule has 0 heterocycles. The Balaban J connectivity index is 4.90. The molecule has 0 aromatic carbocycles. The molecule has 0 saturated carbocycles. The van der Waals surface area contributed by atoms with Gasteiger partial charge in [-0.25, -0.2) is 14.6 Å². The van der Waals surface area contributed by atoms with Crippen LogP contribution >= 0.6 is 0 Å². The van der Waals surface area contributed by atoms with Gasteiger partial charge in [-0.3, -0.25) is 0 Å². The molecule has 0 N–H and O–H groups in total. The molecule has 0 saturated heterocycles. The summed E-state index contributed by atoms with van der Waals surface area (Å²) in [5.74, 6) is -0.386. The van der Waals surface area contributed by atoms with Gasteiger partial charge in [0, 0.05) is 5.57 Å². The molecule has 0 aromatic rings. The van der Waals surface area contributed by atoms with Crippen molar-refractivity contribution in [2.75, 3.05) is 7.11 Å². The summed E-state index contributed by atoms with van der Waals surface area (Å²) in [5.41, 5.74) is -0.198. The van der Waals surface area contributed by atoms with E-state index in [0.717, 1.165) is 0 Å². The number of esters is 1. The van der Waals surface area contributed by atoms with Crippen LogP contribution in [-0.2, 0) is 19.3 Å².